The number of para-hydroxylation sites is 1. The number of carbonyl (C=O) groups is 2. The van der Waals surface area contributed by atoms with E-state index in [2.05, 4.69) is 5.32 Å². The molecule has 26 heavy (non-hydrogen) atoms. The summed E-state index contributed by atoms with van der Waals surface area (Å²) in [4.78, 5) is 24.1. The normalized spacial score (nSPS) is 14.9. The predicted molar refractivity (Wildman–Crippen MR) is 100 cm³/mol. The third kappa shape index (κ3) is 7.76. The molecule has 0 unspecified atom stereocenters. The van der Waals surface area contributed by atoms with Crippen molar-refractivity contribution in [1.82, 2.24) is 5.32 Å². The summed E-state index contributed by atoms with van der Waals surface area (Å²) in [6.45, 7) is 12.6. The Labute approximate surface area is 156 Å². The molecule has 1 aromatic carbocycles. The van der Waals surface area contributed by atoms with Crippen LogP contribution in [0, 0.1) is 5.92 Å². The summed E-state index contributed by atoms with van der Waals surface area (Å²) in [6.07, 6.45) is -1.45. The van der Waals surface area contributed by atoms with E-state index in [0.717, 1.165) is 0 Å². The highest BCUT2D eigenvalue weighted by atomic mass is 16.6. The van der Waals surface area contributed by atoms with Gasteiger partial charge in [0, 0.05) is 0 Å². The Morgan fingerprint density at radius 3 is 2.08 bits per heavy atom. The van der Waals surface area contributed by atoms with Gasteiger partial charge in [-0.05, 0) is 52.7 Å². The average Bonchev–Trinajstić information content (AvgIpc) is 2.51. The molecule has 0 aromatic heterocycles. The van der Waals surface area contributed by atoms with Crippen LogP contribution < -0.4 is 10.1 Å². The lowest BCUT2D eigenvalue weighted by Gasteiger charge is -2.29. The molecular weight excluding hydrogens is 334 g/mol. The van der Waals surface area contributed by atoms with Gasteiger partial charge in [0.1, 0.15) is 29.6 Å². The highest BCUT2D eigenvalue weighted by Crippen LogP contribution is 2.19. The number of benzene rings is 1. The smallest absolute Gasteiger partial charge is 0.408 e. The Balaban J connectivity index is 2.63. The Kier molecular flexibility index (Phi) is 7.93. The van der Waals surface area contributed by atoms with E-state index in [1.807, 2.05) is 44.2 Å². The molecular formula is C20H31NO5. The predicted octanol–water partition coefficient (Wildman–Crippen LogP) is 3.93. The van der Waals surface area contributed by atoms with Gasteiger partial charge in [0.25, 0.3) is 0 Å². The first-order valence-corrected chi connectivity index (χ1v) is 8.91. The fraction of sp³-hybridized carbons (Fsp3) is 0.600. The van der Waals surface area contributed by atoms with E-state index in [4.69, 9.17) is 14.2 Å². The first-order valence-electron chi connectivity index (χ1n) is 8.91. The van der Waals surface area contributed by atoms with Crippen molar-refractivity contribution in [2.45, 2.75) is 72.3 Å². The maximum Gasteiger partial charge on any atom is 0.408 e. The van der Waals surface area contributed by atoms with Crippen LogP contribution in [0.5, 0.6) is 5.75 Å². The number of esters is 1. The van der Waals surface area contributed by atoms with Crippen molar-refractivity contribution in [3.8, 4) is 5.75 Å². The molecule has 1 rings (SSSR count). The number of nitrogens with one attached hydrogen (secondary N) is 1. The summed E-state index contributed by atoms with van der Waals surface area (Å²) >= 11 is 0. The number of carbonyl (C=O) groups excluding carboxylic acids is 2. The van der Waals surface area contributed by atoms with Gasteiger partial charge in [-0.3, -0.25) is 0 Å². The average molecular weight is 365 g/mol. The van der Waals surface area contributed by atoms with Crippen LogP contribution in [0.15, 0.2) is 30.3 Å². The van der Waals surface area contributed by atoms with Gasteiger partial charge in [-0.2, -0.15) is 0 Å². The highest BCUT2D eigenvalue weighted by Gasteiger charge is 2.29. The van der Waals surface area contributed by atoms with Gasteiger partial charge >= 0.3 is 12.1 Å². The minimum absolute atomic E-state index is 0.132. The number of alkyl carbamates (subject to hydrolysis) is 1. The van der Waals surface area contributed by atoms with Crippen LogP contribution in [0.3, 0.4) is 0 Å². The molecule has 0 fully saturated rings. The molecule has 0 saturated carbocycles. The van der Waals surface area contributed by atoms with E-state index in [9.17, 15) is 9.59 Å². The van der Waals surface area contributed by atoms with Crippen molar-refractivity contribution in [2.24, 2.45) is 5.92 Å². The molecule has 0 aliphatic rings. The Morgan fingerprint density at radius 2 is 1.58 bits per heavy atom. The second kappa shape index (κ2) is 9.46. The molecule has 0 radical (unpaired) electrons. The zero-order valence-electron chi connectivity index (χ0n) is 16.7. The lowest BCUT2D eigenvalue weighted by atomic mass is 10.0. The third-order valence-electron chi connectivity index (χ3n) is 3.52. The number of hydrogen-bond donors (Lipinski definition) is 1. The van der Waals surface area contributed by atoms with Crippen LogP contribution in [-0.2, 0) is 14.3 Å². The summed E-state index contributed by atoms with van der Waals surface area (Å²) in [5.41, 5.74) is -0.632. The zero-order chi connectivity index (χ0) is 19.9. The van der Waals surface area contributed by atoms with Gasteiger partial charge in [-0.25, -0.2) is 9.59 Å². The lowest BCUT2D eigenvalue weighted by molar-refractivity contribution is -0.156. The van der Waals surface area contributed by atoms with Crippen molar-refractivity contribution >= 4 is 12.1 Å². The molecule has 146 valence electrons. The fourth-order valence-electron chi connectivity index (χ4n) is 2.33. The van der Waals surface area contributed by atoms with Crippen LogP contribution in [0.1, 0.15) is 48.5 Å². The van der Waals surface area contributed by atoms with Gasteiger partial charge < -0.3 is 19.5 Å². The molecule has 3 atom stereocenters. The first kappa shape index (κ1) is 21.8. The fourth-order valence-corrected chi connectivity index (χ4v) is 2.33. The van der Waals surface area contributed by atoms with E-state index in [1.54, 1.807) is 34.6 Å². The van der Waals surface area contributed by atoms with Gasteiger partial charge in [0.15, 0.2) is 0 Å². The first-order chi connectivity index (χ1) is 12.0. The zero-order valence-corrected chi connectivity index (χ0v) is 16.7. The van der Waals surface area contributed by atoms with Crippen LogP contribution in [0.2, 0.25) is 0 Å². The third-order valence-corrected chi connectivity index (χ3v) is 3.52. The van der Waals surface area contributed by atoms with E-state index >= 15 is 0 Å². The van der Waals surface area contributed by atoms with Crippen LogP contribution in [0.4, 0.5) is 4.79 Å². The molecule has 0 aliphatic carbocycles. The van der Waals surface area contributed by atoms with Crippen molar-refractivity contribution in [3.63, 3.8) is 0 Å². The summed E-state index contributed by atoms with van der Waals surface area (Å²) in [5, 5.41) is 2.48. The second-order valence-corrected chi connectivity index (χ2v) is 7.65. The van der Waals surface area contributed by atoms with E-state index in [0.29, 0.717) is 5.75 Å². The second-order valence-electron chi connectivity index (χ2n) is 7.65. The topological polar surface area (TPSA) is 73.9 Å². The van der Waals surface area contributed by atoms with Crippen LogP contribution >= 0.6 is 0 Å². The molecule has 1 N–H and O–H groups in total. The molecule has 0 spiro atoms. The molecule has 0 aliphatic heterocycles. The van der Waals surface area contributed by atoms with Crippen molar-refractivity contribution in [3.05, 3.63) is 30.3 Å². The standard InChI is InChI=1S/C20H31NO5/c1-13(2)17(25-16-11-9-8-10-12-16)15(4)24-18(22)14(3)21-19(23)26-20(5,6)7/h8-15,17H,1-7H3,(H,21,23)/t14-,15-,17+/m0/s1. The van der Waals surface area contributed by atoms with Crippen LogP contribution in [0.25, 0.3) is 0 Å². The molecule has 0 bridgehead atoms. The molecule has 1 aromatic rings. The Morgan fingerprint density at radius 1 is 1.00 bits per heavy atom. The minimum atomic E-state index is -0.822. The summed E-state index contributed by atoms with van der Waals surface area (Å²) in [5.74, 6) is 0.312. The minimum Gasteiger partial charge on any atom is -0.486 e. The van der Waals surface area contributed by atoms with E-state index in [-0.39, 0.29) is 12.0 Å². The number of hydrogen-bond acceptors (Lipinski definition) is 5. The monoisotopic (exact) mass is 365 g/mol. The van der Waals surface area contributed by atoms with Gasteiger partial charge in [0.2, 0.25) is 0 Å². The maximum atomic E-state index is 12.3. The van der Waals surface area contributed by atoms with Crippen molar-refractivity contribution in [1.29, 1.82) is 0 Å². The Hall–Kier alpha value is -2.24. The summed E-state index contributed by atoms with van der Waals surface area (Å²) in [6, 6.07) is 8.57. The van der Waals surface area contributed by atoms with E-state index in [1.165, 1.54) is 0 Å². The Bertz CT molecular complexity index is 580. The van der Waals surface area contributed by atoms with Gasteiger partial charge in [-0.1, -0.05) is 32.0 Å². The molecule has 6 heteroatoms. The summed E-state index contributed by atoms with van der Waals surface area (Å²) < 4.78 is 16.6. The van der Waals surface area contributed by atoms with Gasteiger partial charge in [-0.15, -0.1) is 0 Å². The maximum absolute atomic E-state index is 12.3. The SMILES string of the molecule is CC(C)[C@@H](Oc1ccccc1)[C@H](C)OC(=O)[C@H](C)NC(=O)OC(C)(C)C. The molecule has 1 amide bonds. The van der Waals surface area contributed by atoms with Crippen molar-refractivity contribution < 1.29 is 23.8 Å². The van der Waals surface area contributed by atoms with Gasteiger partial charge in [0.05, 0.1) is 0 Å². The molecule has 0 heterocycles. The molecule has 0 saturated heterocycles. The number of ether oxygens (including phenoxy) is 3. The highest BCUT2D eigenvalue weighted by molar-refractivity contribution is 5.81. The summed E-state index contributed by atoms with van der Waals surface area (Å²) in [7, 11) is 0. The number of amides is 1. The van der Waals surface area contributed by atoms with E-state index < -0.39 is 29.8 Å². The largest absolute Gasteiger partial charge is 0.486 e. The quantitative estimate of drug-likeness (QED) is 0.741. The number of rotatable bonds is 7. The van der Waals surface area contributed by atoms with Crippen LogP contribution in [-0.4, -0.2) is 35.9 Å². The lowest BCUT2D eigenvalue weighted by Crippen LogP contribution is -2.45. The molecule has 6 nitrogen and oxygen atoms in total. The van der Waals surface area contributed by atoms with Crippen molar-refractivity contribution in [2.75, 3.05) is 0 Å².